The number of hydrogen-bond acceptors (Lipinski definition) is 6. The van der Waals surface area contributed by atoms with Gasteiger partial charge >= 0.3 is 0 Å². The molecule has 0 radical (unpaired) electrons. The van der Waals surface area contributed by atoms with Gasteiger partial charge in [0.15, 0.2) is 9.84 Å². The van der Waals surface area contributed by atoms with E-state index in [9.17, 15) is 27.2 Å². The Morgan fingerprint density at radius 3 is 2.32 bits per heavy atom. The molecule has 1 aliphatic rings. The Kier molecular flexibility index (Phi) is 6.25. The number of benzene rings is 2. The highest BCUT2D eigenvalue weighted by atomic mass is 32.2. The van der Waals surface area contributed by atoms with Crippen LogP contribution in [0.4, 0.5) is 4.39 Å². The fraction of sp³-hybridized carbons (Fsp3) is 0.167. The average Bonchev–Trinajstić information content (AvgIpc) is 3.06. The second kappa shape index (κ2) is 9.14. The minimum Gasteiger partial charge on any atom is -0.353 e. The SMILES string of the molecule is Cc1cc(S(=O)(=O)C(CNC(=O)CN2C(=O)c3ccccc3C2=O)c2cccnc2)ccc1F. The number of nitrogens with zero attached hydrogens (tertiary/aromatic N) is 2. The monoisotopic (exact) mass is 481 g/mol. The van der Waals surface area contributed by atoms with E-state index in [1.807, 2.05) is 0 Å². The van der Waals surface area contributed by atoms with Crippen LogP contribution in [0.25, 0.3) is 0 Å². The predicted molar refractivity (Wildman–Crippen MR) is 120 cm³/mol. The molecule has 1 aromatic heterocycles. The molecule has 3 aromatic rings. The van der Waals surface area contributed by atoms with Gasteiger partial charge in [0, 0.05) is 18.9 Å². The number of hydrogen-bond donors (Lipinski definition) is 1. The van der Waals surface area contributed by atoms with Gasteiger partial charge in [-0.1, -0.05) is 18.2 Å². The quantitative estimate of drug-likeness (QED) is 0.410. The Bertz CT molecular complexity index is 1360. The van der Waals surface area contributed by atoms with Crippen LogP contribution < -0.4 is 5.32 Å². The van der Waals surface area contributed by atoms with Gasteiger partial charge in [-0.05, 0) is 54.4 Å². The smallest absolute Gasteiger partial charge is 0.262 e. The highest BCUT2D eigenvalue weighted by Gasteiger charge is 2.37. The highest BCUT2D eigenvalue weighted by Crippen LogP contribution is 2.29. The van der Waals surface area contributed by atoms with Gasteiger partial charge in [0.2, 0.25) is 5.91 Å². The molecule has 1 aliphatic heterocycles. The number of imide groups is 1. The second-order valence-electron chi connectivity index (χ2n) is 7.78. The van der Waals surface area contributed by atoms with E-state index in [1.165, 1.54) is 43.6 Å². The van der Waals surface area contributed by atoms with Crippen molar-refractivity contribution in [2.75, 3.05) is 13.1 Å². The molecule has 0 spiro atoms. The molecule has 1 atom stereocenters. The molecule has 0 saturated carbocycles. The Labute approximate surface area is 195 Å². The zero-order valence-electron chi connectivity index (χ0n) is 18.1. The van der Waals surface area contributed by atoms with Gasteiger partial charge < -0.3 is 5.32 Å². The van der Waals surface area contributed by atoms with Gasteiger partial charge in [0.05, 0.1) is 16.0 Å². The van der Waals surface area contributed by atoms with Gasteiger partial charge in [0.25, 0.3) is 11.8 Å². The lowest BCUT2D eigenvalue weighted by Crippen LogP contribution is -2.42. The number of carbonyl (C=O) groups excluding carboxylic acids is 3. The molecule has 0 saturated heterocycles. The maximum Gasteiger partial charge on any atom is 0.262 e. The van der Waals surface area contributed by atoms with Gasteiger partial charge in [0.1, 0.15) is 17.6 Å². The number of pyridine rings is 1. The first-order valence-corrected chi connectivity index (χ1v) is 11.9. The van der Waals surface area contributed by atoms with E-state index in [0.29, 0.717) is 5.56 Å². The molecule has 34 heavy (non-hydrogen) atoms. The summed E-state index contributed by atoms with van der Waals surface area (Å²) >= 11 is 0. The Morgan fingerprint density at radius 2 is 1.74 bits per heavy atom. The molecule has 2 heterocycles. The third-order valence-electron chi connectivity index (χ3n) is 5.55. The summed E-state index contributed by atoms with van der Waals surface area (Å²) in [5, 5.41) is 1.29. The van der Waals surface area contributed by atoms with Crippen molar-refractivity contribution in [2.45, 2.75) is 17.1 Å². The van der Waals surface area contributed by atoms with Crippen LogP contribution in [-0.4, -0.2) is 49.1 Å². The summed E-state index contributed by atoms with van der Waals surface area (Å²) in [7, 11) is -4.05. The summed E-state index contributed by atoms with van der Waals surface area (Å²) in [5.41, 5.74) is 0.914. The third-order valence-corrected chi connectivity index (χ3v) is 7.65. The molecule has 0 bridgehead atoms. The van der Waals surface area contributed by atoms with Crippen molar-refractivity contribution in [3.05, 3.63) is 95.1 Å². The van der Waals surface area contributed by atoms with Gasteiger partial charge in [-0.3, -0.25) is 24.3 Å². The van der Waals surface area contributed by atoms with Crippen molar-refractivity contribution >= 4 is 27.6 Å². The molecule has 174 valence electrons. The minimum absolute atomic E-state index is 0.102. The van der Waals surface area contributed by atoms with Crippen LogP contribution >= 0.6 is 0 Å². The van der Waals surface area contributed by atoms with E-state index in [0.717, 1.165) is 11.0 Å². The summed E-state index contributed by atoms with van der Waals surface area (Å²) in [5.74, 6) is -2.41. The zero-order valence-corrected chi connectivity index (χ0v) is 18.9. The van der Waals surface area contributed by atoms with Crippen LogP contribution in [0.2, 0.25) is 0 Å². The number of nitrogens with one attached hydrogen (secondary N) is 1. The highest BCUT2D eigenvalue weighted by molar-refractivity contribution is 7.91. The number of sulfone groups is 1. The molecule has 4 rings (SSSR count). The van der Waals surface area contributed by atoms with E-state index in [2.05, 4.69) is 10.3 Å². The number of fused-ring (bicyclic) bond motifs is 1. The maximum absolute atomic E-state index is 13.7. The largest absolute Gasteiger partial charge is 0.353 e. The van der Waals surface area contributed by atoms with Gasteiger partial charge in [-0.25, -0.2) is 12.8 Å². The fourth-order valence-corrected chi connectivity index (χ4v) is 5.45. The van der Waals surface area contributed by atoms with Gasteiger partial charge in [-0.2, -0.15) is 0 Å². The van der Waals surface area contributed by atoms with Crippen LogP contribution in [0.3, 0.4) is 0 Å². The third kappa shape index (κ3) is 4.32. The van der Waals surface area contributed by atoms with E-state index < -0.39 is 45.2 Å². The molecule has 1 unspecified atom stereocenters. The number of aryl methyl sites for hydroxylation is 1. The molecule has 3 amide bonds. The summed E-state index contributed by atoms with van der Waals surface area (Å²) in [4.78, 5) is 42.3. The van der Waals surface area contributed by atoms with Crippen LogP contribution in [-0.2, 0) is 14.6 Å². The maximum atomic E-state index is 13.7. The first-order valence-electron chi connectivity index (χ1n) is 10.3. The normalized spacial score (nSPS) is 14.1. The standard InChI is InChI=1S/C24H20FN3O5S/c1-15-11-17(8-9-20(15)25)34(32,33)21(16-5-4-10-26-12-16)13-27-22(29)14-28-23(30)18-6-2-3-7-19(18)24(28)31/h2-12,21H,13-14H2,1H3,(H,27,29). The molecule has 0 fully saturated rings. The van der Waals surface area contributed by atoms with Crippen molar-refractivity contribution in [2.24, 2.45) is 0 Å². The van der Waals surface area contributed by atoms with E-state index in [4.69, 9.17) is 0 Å². The number of carbonyl (C=O) groups is 3. The van der Waals surface area contributed by atoms with Crippen molar-refractivity contribution in [1.82, 2.24) is 15.2 Å². The Hall–Kier alpha value is -3.92. The van der Waals surface area contributed by atoms with Crippen LogP contribution in [0, 0.1) is 12.7 Å². The minimum atomic E-state index is -4.05. The first-order chi connectivity index (χ1) is 16.2. The van der Waals surface area contributed by atoms with Crippen molar-refractivity contribution < 1.29 is 27.2 Å². The lowest BCUT2D eigenvalue weighted by Gasteiger charge is -2.20. The van der Waals surface area contributed by atoms with Crippen LogP contribution in [0.1, 0.15) is 37.1 Å². The van der Waals surface area contributed by atoms with E-state index >= 15 is 0 Å². The first kappa shape index (κ1) is 23.2. The fourth-order valence-electron chi connectivity index (χ4n) is 3.72. The second-order valence-corrected chi connectivity index (χ2v) is 9.91. The van der Waals surface area contributed by atoms with Crippen LogP contribution in [0.5, 0.6) is 0 Å². The zero-order chi connectivity index (χ0) is 24.5. The van der Waals surface area contributed by atoms with Crippen molar-refractivity contribution in [3.63, 3.8) is 0 Å². The molecule has 2 aromatic carbocycles. The van der Waals surface area contributed by atoms with Crippen LogP contribution in [0.15, 0.2) is 71.9 Å². The molecule has 10 heteroatoms. The topological polar surface area (TPSA) is 114 Å². The lowest BCUT2D eigenvalue weighted by molar-refractivity contribution is -0.121. The number of halogens is 1. The van der Waals surface area contributed by atoms with E-state index in [1.54, 1.807) is 24.3 Å². The summed E-state index contributed by atoms with van der Waals surface area (Å²) in [6.45, 7) is 0.561. The number of rotatable bonds is 7. The lowest BCUT2D eigenvalue weighted by atomic mass is 10.1. The molecular formula is C24H20FN3O5S. The molecule has 8 nitrogen and oxygen atoms in total. The predicted octanol–water partition coefficient (Wildman–Crippen LogP) is 2.46. The average molecular weight is 482 g/mol. The summed E-state index contributed by atoms with van der Waals surface area (Å²) in [6, 6.07) is 12.8. The number of aromatic nitrogens is 1. The summed E-state index contributed by atoms with van der Waals surface area (Å²) in [6.07, 6.45) is 2.85. The molecular weight excluding hydrogens is 461 g/mol. The van der Waals surface area contributed by atoms with Crippen molar-refractivity contribution in [1.29, 1.82) is 0 Å². The summed E-state index contributed by atoms with van der Waals surface area (Å²) < 4.78 is 40.5. The van der Waals surface area contributed by atoms with E-state index in [-0.39, 0.29) is 28.1 Å². The molecule has 1 N–H and O–H groups in total. The Balaban J connectivity index is 1.54. The Morgan fingerprint density at radius 1 is 1.06 bits per heavy atom. The number of amides is 3. The molecule has 0 aliphatic carbocycles. The van der Waals surface area contributed by atoms with Crippen molar-refractivity contribution in [3.8, 4) is 0 Å². The van der Waals surface area contributed by atoms with Gasteiger partial charge in [-0.15, -0.1) is 0 Å².